The van der Waals surface area contributed by atoms with Gasteiger partial charge < -0.3 is 5.32 Å². The quantitative estimate of drug-likeness (QED) is 0.897. The maximum absolute atomic E-state index is 3.75. The van der Waals surface area contributed by atoms with Crippen LogP contribution in [-0.4, -0.2) is 30.6 Å². The number of nitrogens with one attached hydrogen (secondary N) is 1. The summed E-state index contributed by atoms with van der Waals surface area (Å²) in [5, 5.41) is 3.75. The van der Waals surface area contributed by atoms with Crippen LogP contribution in [0.2, 0.25) is 0 Å². The fourth-order valence-corrected chi connectivity index (χ4v) is 3.01. The van der Waals surface area contributed by atoms with Gasteiger partial charge in [-0.25, -0.2) is 0 Å². The van der Waals surface area contributed by atoms with Crippen LogP contribution in [0.15, 0.2) is 30.3 Å². The normalized spacial score (nSPS) is 24.5. The molecule has 0 radical (unpaired) electrons. The Morgan fingerprint density at radius 3 is 2.43 bits per heavy atom. The molecule has 0 aliphatic carbocycles. The number of benzene rings is 1. The number of hydrogen-bond acceptors (Lipinski definition) is 2. The summed E-state index contributed by atoms with van der Waals surface area (Å²) in [4.78, 5) is 2.70. The number of piperazine rings is 1. The lowest BCUT2D eigenvalue weighted by molar-refractivity contribution is 0.0998. The highest BCUT2D eigenvalue weighted by atomic mass is 15.2. The molecule has 2 unspecified atom stereocenters. The van der Waals surface area contributed by atoms with E-state index in [1.807, 2.05) is 0 Å². The van der Waals surface area contributed by atoms with Gasteiger partial charge in [0.1, 0.15) is 0 Å². The van der Waals surface area contributed by atoms with Gasteiger partial charge in [-0.1, -0.05) is 65.0 Å². The minimum absolute atomic E-state index is 0.402. The third-order valence-corrected chi connectivity index (χ3v) is 4.58. The lowest BCUT2D eigenvalue weighted by atomic mass is 9.90. The van der Waals surface area contributed by atoms with Gasteiger partial charge in [0.2, 0.25) is 0 Å². The topological polar surface area (TPSA) is 15.3 Å². The molecule has 118 valence electrons. The molecule has 1 aliphatic heterocycles. The molecule has 1 heterocycles. The Hall–Kier alpha value is -0.860. The molecular weight excluding hydrogens is 256 g/mol. The largest absolute Gasteiger partial charge is 0.311 e. The van der Waals surface area contributed by atoms with Gasteiger partial charge in [0.05, 0.1) is 0 Å². The number of hydrogen-bond donors (Lipinski definition) is 1. The van der Waals surface area contributed by atoms with E-state index in [-0.39, 0.29) is 0 Å². The molecule has 2 heteroatoms. The van der Waals surface area contributed by atoms with Crippen LogP contribution in [0.3, 0.4) is 0 Å². The monoisotopic (exact) mass is 288 g/mol. The highest BCUT2D eigenvalue weighted by Crippen LogP contribution is 2.28. The molecule has 1 fully saturated rings. The van der Waals surface area contributed by atoms with Crippen molar-refractivity contribution in [2.75, 3.05) is 19.6 Å². The Morgan fingerprint density at radius 1 is 1.19 bits per heavy atom. The van der Waals surface area contributed by atoms with Crippen molar-refractivity contribution >= 4 is 0 Å². The molecule has 2 nitrogen and oxygen atoms in total. The van der Waals surface area contributed by atoms with E-state index in [1.54, 1.807) is 0 Å². The summed E-state index contributed by atoms with van der Waals surface area (Å²) < 4.78 is 0. The van der Waals surface area contributed by atoms with Crippen molar-refractivity contribution in [2.24, 2.45) is 11.3 Å². The smallest absolute Gasteiger partial charge is 0.0473 e. The van der Waals surface area contributed by atoms with E-state index in [0.717, 1.165) is 13.1 Å². The molecule has 0 spiro atoms. The van der Waals surface area contributed by atoms with Gasteiger partial charge in [-0.3, -0.25) is 4.90 Å². The minimum Gasteiger partial charge on any atom is -0.311 e. The molecule has 0 saturated carbocycles. The van der Waals surface area contributed by atoms with Gasteiger partial charge in [0.15, 0.2) is 0 Å². The van der Waals surface area contributed by atoms with Gasteiger partial charge >= 0.3 is 0 Å². The van der Waals surface area contributed by atoms with E-state index >= 15 is 0 Å². The maximum atomic E-state index is 3.75. The zero-order valence-electron chi connectivity index (χ0n) is 14.4. The van der Waals surface area contributed by atoms with Crippen molar-refractivity contribution in [3.8, 4) is 0 Å². The van der Waals surface area contributed by atoms with Gasteiger partial charge in [0, 0.05) is 25.2 Å². The molecule has 1 aliphatic rings. The van der Waals surface area contributed by atoms with Crippen LogP contribution >= 0.6 is 0 Å². The molecule has 2 rings (SSSR count). The summed E-state index contributed by atoms with van der Waals surface area (Å²) in [5.74, 6) is 0.693. The average molecular weight is 288 g/mol. The third kappa shape index (κ3) is 4.82. The highest BCUT2D eigenvalue weighted by Gasteiger charge is 2.30. The molecule has 1 N–H and O–H groups in total. The zero-order chi connectivity index (χ0) is 15.5. The van der Waals surface area contributed by atoms with E-state index in [2.05, 4.69) is 75.2 Å². The Kier molecular flexibility index (Phi) is 5.45. The van der Waals surface area contributed by atoms with Gasteiger partial charge in [-0.2, -0.15) is 0 Å². The van der Waals surface area contributed by atoms with Crippen molar-refractivity contribution in [3.05, 3.63) is 35.9 Å². The van der Waals surface area contributed by atoms with Gasteiger partial charge in [-0.05, 0) is 29.9 Å². The van der Waals surface area contributed by atoms with Crippen LogP contribution in [0.5, 0.6) is 0 Å². The molecule has 1 aromatic carbocycles. The molecular formula is C19H32N2. The summed E-state index contributed by atoms with van der Waals surface area (Å²) in [6.07, 6.45) is 1.25. The van der Waals surface area contributed by atoms with Crippen molar-refractivity contribution in [3.63, 3.8) is 0 Å². The van der Waals surface area contributed by atoms with Gasteiger partial charge in [0.25, 0.3) is 0 Å². The first kappa shape index (κ1) is 16.5. The summed E-state index contributed by atoms with van der Waals surface area (Å²) in [7, 11) is 0. The van der Waals surface area contributed by atoms with Crippen LogP contribution in [0, 0.1) is 11.3 Å². The molecule has 0 aromatic heterocycles. The van der Waals surface area contributed by atoms with E-state index < -0.39 is 0 Å². The molecule has 1 saturated heterocycles. The predicted octanol–water partition coefficient (Wildman–Crippen LogP) is 4.09. The van der Waals surface area contributed by atoms with Crippen LogP contribution in [0.1, 0.15) is 52.6 Å². The first-order chi connectivity index (χ1) is 9.87. The Balaban J connectivity index is 2.10. The highest BCUT2D eigenvalue weighted by molar-refractivity contribution is 5.20. The Labute approximate surface area is 130 Å². The van der Waals surface area contributed by atoms with Crippen LogP contribution in [0.25, 0.3) is 0 Å². The second kappa shape index (κ2) is 6.93. The summed E-state index contributed by atoms with van der Waals surface area (Å²) >= 11 is 0. The summed E-state index contributed by atoms with van der Waals surface area (Å²) in [6.45, 7) is 15.1. The van der Waals surface area contributed by atoms with Crippen molar-refractivity contribution < 1.29 is 0 Å². The first-order valence-electron chi connectivity index (χ1n) is 8.39. The van der Waals surface area contributed by atoms with Crippen LogP contribution < -0.4 is 5.32 Å². The molecule has 0 amide bonds. The number of nitrogens with zero attached hydrogens (tertiary/aromatic N) is 1. The van der Waals surface area contributed by atoms with E-state index in [9.17, 15) is 0 Å². The first-order valence-corrected chi connectivity index (χ1v) is 8.39. The fraction of sp³-hybridized carbons (Fsp3) is 0.684. The second-order valence-corrected chi connectivity index (χ2v) is 7.99. The van der Waals surface area contributed by atoms with Gasteiger partial charge in [-0.15, -0.1) is 0 Å². The molecule has 0 bridgehead atoms. The summed E-state index contributed by atoms with van der Waals surface area (Å²) in [6, 6.07) is 12.1. The van der Waals surface area contributed by atoms with Crippen LogP contribution in [0.4, 0.5) is 0 Å². The molecule has 1 aromatic rings. The van der Waals surface area contributed by atoms with Crippen LogP contribution in [-0.2, 0) is 0 Å². The van der Waals surface area contributed by atoms with Crippen molar-refractivity contribution in [1.29, 1.82) is 0 Å². The third-order valence-electron chi connectivity index (χ3n) is 4.58. The summed E-state index contributed by atoms with van der Waals surface area (Å²) in [5.41, 5.74) is 1.85. The van der Waals surface area contributed by atoms with E-state index in [1.165, 1.54) is 18.5 Å². The van der Waals surface area contributed by atoms with Crippen molar-refractivity contribution in [2.45, 2.75) is 53.1 Å². The van der Waals surface area contributed by atoms with Crippen molar-refractivity contribution in [1.82, 2.24) is 10.2 Å². The molecule has 21 heavy (non-hydrogen) atoms. The maximum Gasteiger partial charge on any atom is 0.0473 e. The predicted molar refractivity (Wildman–Crippen MR) is 91.5 cm³/mol. The lowest BCUT2D eigenvalue weighted by Crippen LogP contribution is -2.54. The molecule has 2 atom stereocenters. The Bertz CT molecular complexity index is 419. The number of rotatable bonds is 4. The second-order valence-electron chi connectivity index (χ2n) is 7.99. The average Bonchev–Trinajstić information content (AvgIpc) is 2.45. The SMILES string of the molecule is CC(C)C1CN(CCC(C)(C)C)C(c2ccccc2)CN1. The van der Waals surface area contributed by atoms with E-state index in [0.29, 0.717) is 23.4 Å². The minimum atomic E-state index is 0.402. The zero-order valence-corrected chi connectivity index (χ0v) is 14.4. The lowest BCUT2D eigenvalue weighted by Gasteiger charge is -2.43. The standard InChI is InChI=1S/C19H32N2/c1-15(2)17-14-21(12-11-19(3,4)5)18(13-20-17)16-9-7-6-8-10-16/h6-10,15,17-18,20H,11-14H2,1-5H3. The Morgan fingerprint density at radius 2 is 1.86 bits per heavy atom. The van der Waals surface area contributed by atoms with E-state index in [4.69, 9.17) is 0 Å². The fourth-order valence-electron chi connectivity index (χ4n) is 3.01.